The van der Waals surface area contributed by atoms with E-state index in [4.69, 9.17) is 14.7 Å². The van der Waals surface area contributed by atoms with Crippen molar-refractivity contribution in [1.29, 1.82) is 5.26 Å². The predicted octanol–water partition coefficient (Wildman–Crippen LogP) is 1.65. The van der Waals surface area contributed by atoms with Gasteiger partial charge in [-0.2, -0.15) is 5.26 Å². The maximum atomic E-state index is 11.1. The zero-order valence-electron chi connectivity index (χ0n) is 11.0. The summed E-state index contributed by atoms with van der Waals surface area (Å²) >= 11 is 0. The number of benzene rings is 1. The molecular weight excluding hydrogens is 260 g/mol. The first-order valence-corrected chi connectivity index (χ1v) is 5.79. The Morgan fingerprint density at radius 3 is 2.50 bits per heavy atom. The van der Waals surface area contributed by atoms with Gasteiger partial charge in [0.25, 0.3) is 0 Å². The lowest BCUT2D eigenvalue weighted by Gasteiger charge is -2.08. The Hall–Kier alpha value is -2.81. The van der Waals surface area contributed by atoms with Crippen molar-refractivity contribution in [2.24, 2.45) is 0 Å². The molecule has 0 heterocycles. The van der Waals surface area contributed by atoms with Gasteiger partial charge in [-0.1, -0.05) is 6.58 Å². The Labute approximate surface area is 116 Å². The van der Waals surface area contributed by atoms with Crippen molar-refractivity contribution in [3.05, 3.63) is 36.4 Å². The first kappa shape index (κ1) is 15.2. The Bertz CT molecular complexity index is 543. The molecule has 0 atom stereocenters. The standard InChI is InChI=1S/C14H14N2O4/c1-10(9-15)14(18)20-8-7-19-13-5-3-12(4-6-13)16-11(2)17/h3-6H,1,7-8H2,2H3,(H,16,17). The van der Waals surface area contributed by atoms with E-state index in [0.29, 0.717) is 11.4 Å². The monoisotopic (exact) mass is 274 g/mol. The average molecular weight is 274 g/mol. The fourth-order valence-electron chi connectivity index (χ4n) is 1.26. The van der Waals surface area contributed by atoms with Gasteiger partial charge in [0.2, 0.25) is 5.91 Å². The minimum absolute atomic E-state index is 0.0208. The second-order valence-electron chi connectivity index (χ2n) is 3.78. The molecule has 0 aliphatic rings. The van der Waals surface area contributed by atoms with E-state index in [2.05, 4.69) is 11.9 Å². The van der Waals surface area contributed by atoms with Crippen LogP contribution in [-0.2, 0) is 14.3 Å². The zero-order chi connectivity index (χ0) is 15.0. The summed E-state index contributed by atoms with van der Waals surface area (Å²) < 4.78 is 10.1. The van der Waals surface area contributed by atoms with E-state index in [1.54, 1.807) is 30.3 Å². The number of ether oxygens (including phenoxy) is 2. The van der Waals surface area contributed by atoms with Crippen LogP contribution in [0.3, 0.4) is 0 Å². The van der Waals surface area contributed by atoms with Crippen LogP contribution in [-0.4, -0.2) is 25.1 Å². The third kappa shape index (κ3) is 5.23. The van der Waals surface area contributed by atoms with Crippen molar-refractivity contribution in [3.63, 3.8) is 0 Å². The molecular formula is C14H14N2O4. The molecule has 1 rings (SSSR count). The van der Waals surface area contributed by atoms with Gasteiger partial charge in [-0.05, 0) is 24.3 Å². The van der Waals surface area contributed by atoms with Gasteiger partial charge < -0.3 is 14.8 Å². The van der Waals surface area contributed by atoms with Gasteiger partial charge in [0.05, 0.1) is 0 Å². The summed E-state index contributed by atoms with van der Waals surface area (Å²) in [5, 5.41) is 11.0. The number of nitriles is 1. The molecule has 1 aromatic carbocycles. The van der Waals surface area contributed by atoms with Crippen LogP contribution in [0.1, 0.15) is 6.92 Å². The van der Waals surface area contributed by atoms with Crippen molar-refractivity contribution < 1.29 is 19.1 Å². The number of hydrogen-bond donors (Lipinski definition) is 1. The first-order chi connectivity index (χ1) is 9.52. The van der Waals surface area contributed by atoms with Crippen molar-refractivity contribution in [3.8, 4) is 11.8 Å². The van der Waals surface area contributed by atoms with Crippen LogP contribution < -0.4 is 10.1 Å². The topological polar surface area (TPSA) is 88.4 Å². The third-order valence-corrected chi connectivity index (χ3v) is 2.14. The van der Waals surface area contributed by atoms with Crippen molar-refractivity contribution in [2.45, 2.75) is 6.92 Å². The fraction of sp³-hybridized carbons (Fsp3) is 0.214. The van der Waals surface area contributed by atoms with Gasteiger partial charge in [0, 0.05) is 12.6 Å². The van der Waals surface area contributed by atoms with Crippen molar-refractivity contribution >= 4 is 17.6 Å². The molecule has 0 spiro atoms. The van der Waals surface area contributed by atoms with Crippen LogP contribution in [0, 0.1) is 11.3 Å². The van der Waals surface area contributed by atoms with Gasteiger partial charge in [-0.25, -0.2) is 4.79 Å². The lowest BCUT2D eigenvalue weighted by Crippen LogP contribution is -2.13. The van der Waals surface area contributed by atoms with Gasteiger partial charge in [-0.3, -0.25) is 4.79 Å². The molecule has 20 heavy (non-hydrogen) atoms. The smallest absolute Gasteiger partial charge is 0.348 e. The van der Waals surface area contributed by atoms with Crippen LogP contribution >= 0.6 is 0 Å². The van der Waals surface area contributed by atoms with Crippen molar-refractivity contribution in [1.82, 2.24) is 0 Å². The largest absolute Gasteiger partial charge is 0.490 e. The number of amides is 1. The van der Waals surface area contributed by atoms with E-state index in [-0.39, 0.29) is 24.7 Å². The lowest BCUT2D eigenvalue weighted by molar-refractivity contribution is -0.139. The summed E-state index contributed by atoms with van der Waals surface area (Å²) in [5.74, 6) is -0.324. The van der Waals surface area contributed by atoms with E-state index in [9.17, 15) is 9.59 Å². The molecule has 104 valence electrons. The van der Waals surface area contributed by atoms with Gasteiger partial charge >= 0.3 is 5.97 Å². The third-order valence-electron chi connectivity index (χ3n) is 2.14. The van der Waals surface area contributed by atoms with Crippen LogP contribution in [0.15, 0.2) is 36.4 Å². The molecule has 1 aromatic rings. The molecule has 0 fully saturated rings. The summed E-state index contributed by atoms with van der Waals surface area (Å²) in [6, 6.07) is 8.35. The molecule has 0 radical (unpaired) electrons. The number of nitrogens with zero attached hydrogens (tertiary/aromatic N) is 1. The van der Waals surface area contributed by atoms with E-state index >= 15 is 0 Å². The Morgan fingerprint density at radius 2 is 1.95 bits per heavy atom. The number of anilines is 1. The van der Waals surface area contributed by atoms with E-state index in [1.165, 1.54) is 6.92 Å². The molecule has 6 heteroatoms. The second-order valence-corrected chi connectivity index (χ2v) is 3.78. The molecule has 1 N–H and O–H groups in total. The molecule has 0 aliphatic carbocycles. The van der Waals surface area contributed by atoms with Gasteiger partial charge in [0.1, 0.15) is 30.6 Å². The molecule has 1 amide bonds. The lowest BCUT2D eigenvalue weighted by atomic mass is 10.3. The number of carbonyl (C=O) groups is 2. The Kier molecular flexibility index (Phi) is 5.78. The number of nitrogens with one attached hydrogen (secondary N) is 1. The van der Waals surface area contributed by atoms with Crippen LogP contribution in [0.4, 0.5) is 5.69 Å². The van der Waals surface area contributed by atoms with E-state index < -0.39 is 5.97 Å². The quantitative estimate of drug-likeness (QED) is 0.369. The minimum atomic E-state index is -0.753. The minimum Gasteiger partial charge on any atom is -0.490 e. The SMILES string of the molecule is C=C(C#N)C(=O)OCCOc1ccc(NC(C)=O)cc1. The number of rotatable bonds is 6. The Morgan fingerprint density at radius 1 is 1.30 bits per heavy atom. The normalized spacial score (nSPS) is 9.20. The van der Waals surface area contributed by atoms with Crippen molar-refractivity contribution in [2.75, 3.05) is 18.5 Å². The highest BCUT2D eigenvalue weighted by Gasteiger charge is 2.06. The molecule has 0 saturated carbocycles. The van der Waals surface area contributed by atoms with Crippen LogP contribution in [0.2, 0.25) is 0 Å². The molecule has 6 nitrogen and oxygen atoms in total. The highest BCUT2D eigenvalue weighted by atomic mass is 16.6. The highest BCUT2D eigenvalue weighted by Crippen LogP contribution is 2.15. The summed E-state index contributed by atoms with van der Waals surface area (Å²) in [6.07, 6.45) is 0. The Balaban J connectivity index is 2.32. The summed E-state index contributed by atoms with van der Waals surface area (Å²) in [5.41, 5.74) is 0.422. The maximum absolute atomic E-state index is 11.1. The molecule has 0 saturated heterocycles. The number of esters is 1. The van der Waals surface area contributed by atoms with Gasteiger partial charge in [-0.15, -0.1) is 0 Å². The fourth-order valence-corrected chi connectivity index (χ4v) is 1.26. The highest BCUT2D eigenvalue weighted by molar-refractivity contribution is 5.91. The molecule has 0 aromatic heterocycles. The number of carbonyl (C=O) groups excluding carboxylic acids is 2. The zero-order valence-corrected chi connectivity index (χ0v) is 11.0. The van der Waals surface area contributed by atoms with E-state index in [1.807, 2.05) is 0 Å². The first-order valence-electron chi connectivity index (χ1n) is 5.79. The van der Waals surface area contributed by atoms with E-state index in [0.717, 1.165) is 0 Å². The second kappa shape index (κ2) is 7.59. The summed E-state index contributed by atoms with van der Waals surface area (Å²) in [6.45, 7) is 4.83. The van der Waals surface area contributed by atoms with Crippen LogP contribution in [0.5, 0.6) is 5.75 Å². The molecule has 0 unspecified atom stereocenters. The summed E-state index contributed by atoms with van der Waals surface area (Å²) in [4.78, 5) is 21.9. The number of hydrogen-bond acceptors (Lipinski definition) is 5. The molecule has 0 bridgehead atoms. The predicted molar refractivity (Wildman–Crippen MR) is 72.0 cm³/mol. The summed E-state index contributed by atoms with van der Waals surface area (Å²) in [7, 11) is 0. The molecule has 0 aliphatic heterocycles. The van der Waals surface area contributed by atoms with Crippen LogP contribution in [0.25, 0.3) is 0 Å². The van der Waals surface area contributed by atoms with Gasteiger partial charge in [0.15, 0.2) is 0 Å². The average Bonchev–Trinajstić information content (AvgIpc) is 2.43. The maximum Gasteiger partial charge on any atom is 0.348 e.